The summed E-state index contributed by atoms with van der Waals surface area (Å²) in [5.41, 5.74) is 5.76. The first-order valence-corrected chi connectivity index (χ1v) is 6.70. The van der Waals surface area contributed by atoms with Crippen molar-refractivity contribution in [3.63, 3.8) is 0 Å². The van der Waals surface area contributed by atoms with Crippen LogP contribution in [0.25, 0.3) is 0 Å². The van der Waals surface area contributed by atoms with Gasteiger partial charge in [0.15, 0.2) is 0 Å². The van der Waals surface area contributed by atoms with E-state index in [9.17, 15) is 4.79 Å². The van der Waals surface area contributed by atoms with E-state index in [2.05, 4.69) is 24.1 Å². The smallest absolute Gasteiger partial charge is 0.237 e. The highest BCUT2D eigenvalue weighted by Crippen LogP contribution is 2.15. The zero-order valence-corrected chi connectivity index (χ0v) is 12.0. The number of hydrogen-bond donors (Lipinski definition) is 2. The van der Waals surface area contributed by atoms with Crippen molar-refractivity contribution in [2.45, 2.75) is 39.3 Å². The molecule has 1 rings (SSSR count). The van der Waals surface area contributed by atoms with E-state index in [1.165, 1.54) is 0 Å². The SMILES string of the molecule is CC(C)C(N)C(=O)NCC(C)(C)N1CCOCC1. The van der Waals surface area contributed by atoms with Gasteiger partial charge in [-0.25, -0.2) is 0 Å². The Morgan fingerprint density at radius 2 is 1.94 bits per heavy atom. The number of ether oxygens (including phenoxy) is 1. The molecule has 5 nitrogen and oxygen atoms in total. The van der Waals surface area contributed by atoms with Crippen LogP contribution < -0.4 is 11.1 Å². The van der Waals surface area contributed by atoms with Crippen molar-refractivity contribution < 1.29 is 9.53 Å². The number of nitrogens with one attached hydrogen (secondary N) is 1. The molecule has 0 saturated carbocycles. The van der Waals surface area contributed by atoms with Crippen molar-refractivity contribution in [1.29, 1.82) is 0 Å². The number of amides is 1. The van der Waals surface area contributed by atoms with Gasteiger partial charge in [0.2, 0.25) is 5.91 Å². The fourth-order valence-electron chi connectivity index (χ4n) is 2.00. The van der Waals surface area contributed by atoms with Gasteiger partial charge in [0.05, 0.1) is 19.3 Å². The molecule has 0 bridgehead atoms. The molecule has 0 aliphatic carbocycles. The second-order valence-electron chi connectivity index (χ2n) is 5.90. The fraction of sp³-hybridized carbons (Fsp3) is 0.923. The van der Waals surface area contributed by atoms with E-state index in [0.29, 0.717) is 6.54 Å². The Bertz CT molecular complexity index is 273. The van der Waals surface area contributed by atoms with Gasteiger partial charge in [0, 0.05) is 25.2 Å². The number of carbonyl (C=O) groups is 1. The Morgan fingerprint density at radius 1 is 1.39 bits per heavy atom. The molecule has 0 aromatic heterocycles. The van der Waals surface area contributed by atoms with Crippen LogP contribution in [0.5, 0.6) is 0 Å². The highest BCUT2D eigenvalue weighted by Gasteiger charge is 2.29. The summed E-state index contributed by atoms with van der Waals surface area (Å²) in [7, 11) is 0. The van der Waals surface area contributed by atoms with Crippen LogP contribution in [0.3, 0.4) is 0 Å². The van der Waals surface area contributed by atoms with Gasteiger partial charge in [-0.1, -0.05) is 13.8 Å². The van der Waals surface area contributed by atoms with Crippen LogP contribution in [-0.2, 0) is 9.53 Å². The molecule has 1 amide bonds. The Kier molecular flexibility index (Phi) is 5.56. The number of morpholine rings is 1. The zero-order chi connectivity index (χ0) is 13.8. The van der Waals surface area contributed by atoms with Gasteiger partial charge in [-0.3, -0.25) is 9.69 Å². The maximum Gasteiger partial charge on any atom is 0.237 e. The van der Waals surface area contributed by atoms with Crippen molar-refractivity contribution >= 4 is 5.91 Å². The van der Waals surface area contributed by atoms with E-state index < -0.39 is 6.04 Å². The van der Waals surface area contributed by atoms with Crippen LogP contribution in [0.4, 0.5) is 0 Å². The molecule has 5 heteroatoms. The molecule has 0 aromatic rings. The molecule has 1 aliphatic heterocycles. The third-order valence-electron chi connectivity index (χ3n) is 3.58. The summed E-state index contributed by atoms with van der Waals surface area (Å²) >= 11 is 0. The lowest BCUT2D eigenvalue weighted by Crippen LogP contribution is -2.57. The van der Waals surface area contributed by atoms with E-state index in [0.717, 1.165) is 26.3 Å². The lowest BCUT2D eigenvalue weighted by atomic mass is 10.0. The Balaban J connectivity index is 2.43. The standard InChI is InChI=1S/C13H27N3O2/c1-10(2)11(14)12(17)15-9-13(3,4)16-5-7-18-8-6-16/h10-11H,5-9,14H2,1-4H3,(H,15,17). The maximum atomic E-state index is 11.8. The van der Waals surface area contributed by atoms with Crippen LogP contribution in [0.15, 0.2) is 0 Å². The van der Waals surface area contributed by atoms with E-state index in [4.69, 9.17) is 10.5 Å². The number of nitrogens with two attached hydrogens (primary N) is 1. The predicted octanol–water partition coefficient (Wildman–Crippen LogP) is 0.197. The summed E-state index contributed by atoms with van der Waals surface area (Å²) in [5, 5.41) is 2.95. The summed E-state index contributed by atoms with van der Waals surface area (Å²) in [6.07, 6.45) is 0. The summed E-state index contributed by atoms with van der Waals surface area (Å²) < 4.78 is 5.34. The molecule has 1 unspecified atom stereocenters. The molecule has 1 aliphatic rings. The Hall–Kier alpha value is -0.650. The van der Waals surface area contributed by atoms with Gasteiger partial charge in [-0.05, 0) is 19.8 Å². The van der Waals surface area contributed by atoms with E-state index in [1.807, 2.05) is 13.8 Å². The normalized spacial score (nSPS) is 19.9. The minimum atomic E-state index is -0.425. The average molecular weight is 257 g/mol. The van der Waals surface area contributed by atoms with Gasteiger partial charge in [-0.2, -0.15) is 0 Å². The molecule has 0 aromatic carbocycles. The number of nitrogens with zero attached hydrogens (tertiary/aromatic N) is 1. The molecule has 1 heterocycles. The van der Waals surface area contributed by atoms with Gasteiger partial charge in [-0.15, -0.1) is 0 Å². The number of carbonyl (C=O) groups excluding carboxylic acids is 1. The van der Waals surface area contributed by atoms with Crippen molar-refractivity contribution in [3.8, 4) is 0 Å². The van der Waals surface area contributed by atoms with Gasteiger partial charge < -0.3 is 15.8 Å². The number of hydrogen-bond acceptors (Lipinski definition) is 4. The molecule has 3 N–H and O–H groups in total. The molecule has 106 valence electrons. The summed E-state index contributed by atoms with van der Waals surface area (Å²) in [6, 6.07) is -0.425. The molecule has 18 heavy (non-hydrogen) atoms. The second-order valence-corrected chi connectivity index (χ2v) is 5.90. The van der Waals surface area contributed by atoms with Crippen molar-refractivity contribution in [3.05, 3.63) is 0 Å². The molecular formula is C13H27N3O2. The van der Waals surface area contributed by atoms with Crippen LogP contribution >= 0.6 is 0 Å². The molecule has 0 radical (unpaired) electrons. The van der Waals surface area contributed by atoms with Crippen LogP contribution in [0, 0.1) is 5.92 Å². The van der Waals surface area contributed by atoms with Crippen molar-refractivity contribution in [2.75, 3.05) is 32.8 Å². The van der Waals surface area contributed by atoms with Crippen molar-refractivity contribution in [1.82, 2.24) is 10.2 Å². The summed E-state index contributed by atoms with van der Waals surface area (Å²) in [5.74, 6) is 0.0998. The van der Waals surface area contributed by atoms with Crippen LogP contribution in [0.2, 0.25) is 0 Å². The zero-order valence-electron chi connectivity index (χ0n) is 12.0. The van der Waals surface area contributed by atoms with Crippen molar-refractivity contribution in [2.24, 2.45) is 11.7 Å². The molecule has 0 spiro atoms. The highest BCUT2D eigenvalue weighted by atomic mass is 16.5. The van der Waals surface area contributed by atoms with Gasteiger partial charge in [0.1, 0.15) is 0 Å². The van der Waals surface area contributed by atoms with E-state index in [1.54, 1.807) is 0 Å². The third kappa shape index (κ3) is 4.23. The molecule has 1 saturated heterocycles. The number of rotatable bonds is 5. The van der Waals surface area contributed by atoms with Crippen LogP contribution in [-0.4, -0.2) is 55.2 Å². The predicted molar refractivity (Wildman–Crippen MR) is 72.3 cm³/mol. The molecule has 1 fully saturated rings. The first-order chi connectivity index (χ1) is 8.34. The summed E-state index contributed by atoms with van der Waals surface area (Å²) in [4.78, 5) is 14.2. The third-order valence-corrected chi connectivity index (χ3v) is 3.58. The minimum absolute atomic E-state index is 0.0594. The van der Waals surface area contributed by atoms with E-state index in [-0.39, 0.29) is 17.4 Å². The monoisotopic (exact) mass is 257 g/mol. The fourth-order valence-corrected chi connectivity index (χ4v) is 2.00. The topological polar surface area (TPSA) is 67.6 Å². The van der Waals surface area contributed by atoms with Crippen LogP contribution in [0.1, 0.15) is 27.7 Å². The van der Waals surface area contributed by atoms with E-state index >= 15 is 0 Å². The second kappa shape index (κ2) is 6.50. The first-order valence-electron chi connectivity index (χ1n) is 6.70. The summed E-state index contributed by atoms with van der Waals surface area (Å²) in [6.45, 7) is 12.2. The largest absolute Gasteiger partial charge is 0.379 e. The van der Waals surface area contributed by atoms with Gasteiger partial charge >= 0.3 is 0 Å². The highest BCUT2D eigenvalue weighted by molar-refractivity contribution is 5.81. The lowest BCUT2D eigenvalue weighted by Gasteiger charge is -2.41. The first kappa shape index (κ1) is 15.4. The maximum absolute atomic E-state index is 11.8. The molecular weight excluding hydrogens is 230 g/mol. The lowest BCUT2D eigenvalue weighted by molar-refractivity contribution is -0.124. The Labute approximate surface area is 110 Å². The average Bonchev–Trinajstić information content (AvgIpc) is 2.36. The quantitative estimate of drug-likeness (QED) is 0.738. The van der Waals surface area contributed by atoms with Gasteiger partial charge in [0.25, 0.3) is 0 Å². The molecule has 1 atom stereocenters. The minimum Gasteiger partial charge on any atom is -0.379 e. The Morgan fingerprint density at radius 3 is 2.44 bits per heavy atom.